The Morgan fingerprint density at radius 1 is 1.17 bits per heavy atom. The van der Waals surface area contributed by atoms with E-state index in [4.69, 9.17) is 27.9 Å². The molecule has 1 aromatic carbocycles. The highest BCUT2D eigenvalue weighted by atomic mass is 35.5. The van der Waals surface area contributed by atoms with Crippen LogP contribution in [0.1, 0.15) is 67.7 Å². The maximum Gasteiger partial charge on any atom is 0.309 e. The predicted molar refractivity (Wildman–Crippen MR) is 148 cm³/mol. The van der Waals surface area contributed by atoms with Crippen molar-refractivity contribution in [3.05, 3.63) is 64.7 Å². The number of para-hydroxylation sites is 1. The van der Waals surface area contributed by atoms with Gasteiger partial charge in [0.15, 0.2) is 0 Å². The van der Waals surface area contributed by atoms with E-state index >= 15 is 0 Å². The molecule has 2 atom stereocenters. The first-order chi connectivity index (χ1) is 16.5. The Bertz CT molecular complexity index is 915. The van der Waals surface area contributed by atoms with Crippen molar-refractivity contribution < 1.29 is 14.3 Å². The van der Waals surface area contributed by atoms with Gasteiger partial charge in [-0.05, 0) is 58.7 Å². The average Bonchev–Trinajstić information content (AvgIpc) is 3.20. The number of hydrogen-bond acceptors (Lipinski definition) is 4. The molecule has 35 heavy (non-hydrogen) atoms. The summed E-state index contributed by atoms with van der Waals surface area (Å²) in [5.74, 6) is -1.03. The van der Waals surface area contributed by atoms with E-state index in [1.54, 1.807) is 11.9 Å². The van der Waals surface area contributed by atoms with Crippen molar-refractivity contribution in [3.8, 4) is 0 Å². The molecule has 1 aliphatic rings. The molecule has 0 spiro atoms. The topological polar surface area (TPSA) is 49.9 Å². The third kappa shape index (κ3) is 10.5. The third-order valence-corrected chi connectivity index (χ3v) is 5.50. The fraction of sp³-hybridized carbons (Fsp3) is 0.500. The number of rotatable bonds is 8. The van der Waals surface area contributed by atoms with Crippen LogP contribution in [0.3, 0.4) is 0 Å². The number of esters is 1. The van der Waals surface area contributed by atoms with Crippen LogP contribution in [0.5, 0.6) is 0 Å². The summed E-state index contributed by atoms with van der Waals surface area (Å²) in [4.78, 5) is 25.6. The van der Waals surface area contributed by atoms with E-state index in [9.17, 15) is 9.59 Å². The molecule has 0 aliphatic carbocycles. The minimum Gasteiger partial charge on any atom is -0.460 e. The van der Waals surface area contributed by atoms with Crippen molar-refractivity contribution in [3.63, 3.8) is 0 Å². The van der Waals surface area contributed by atoms with Crippen LogP contribution in [-0.2, 0) is 14.3 Å². The molecule has 2 unspecified atom stereocenters. The predicted octanol–water partition coefficient (Wildman–Crippen LogP) is 7.70. The molecule has 194 valence electrons. The molecule has 1 fully saturated rings. The van der Waals surface area contributed by atoms with Crippen molar-refractivity contribution in [1.82, 2.24) is 5.01 Å². The smallest absolute Gasteiger partial charge is 0.309 e. The van der Waals surface area contributed by atoms with Crippen LogP contribution in [0.15, 0.2) is 59.7 Å². The number of benzene rings is 1. The number of anilines is 1. The normalized spacial score (nSPS) is 17.5. The lowest BCUT2D eigenvalue weighted by Crippen LogP contribution is -2.46. The number of carbonyl (C=O) groups is 2. The lowest BCUT2D eigenvalue weighted by molar-refractivity contribution is -0.161. The maximum atomic E-state index is 13.2. The molecule has 0 N–H and O–H groups in total. The van der Waals surface area contributed by atoms with Crippen LogP contribution < -0.4 is 5.01 Å². The molecular weight excluding hydrogens is 483 g/mol. The summed E-state index contributed by atoms with van der Waals surface area (Å²) in [7, 11) is 0. The van der Waals surface area contributed by atoms with E-state index in [1.165, 1.54) is 0 Å². The van der Waals surface area contributed by atoms with Gasteiger partial charge in [0.1, 0.15) is 5.60 Å². The van der Waals surface area contributed by atoms with Crippen molar-refractivity contribution in [2.45, 2.75) is 79.4 Å². The molecule has 1 amide bonds. The van der Waals surface area contributed by atoms with E-state index < -0.39 is 11.5 Å². The summed E-state index contributed by atoms with van der Waals surface area (Å²) < 4.78 is 5.44. The molecule has 2 rings (SSSR count). The highest BCUT2D eigenvalue weighted by Crippen LogP contribution is 2.34. The molecule has 5 nitrogen and oxygen atoms in total. The Balaban J connectivity index is 0.00000298. The van der Waals surface area contributed by atoms with Crippen molar-refractivity contribution in [2.24, 2.45) is 5.92 Å². The first kappa shape index (κ1) is 30.8. The SMILES string of the molecule is CC.C\C(Cl)=C/C=C\C=C\CC1CCN(C(=O)CC(C)C(=O)OC(C)(C)C)N1c1ccccc1Cl. The Morgan fingerprint density at radius 2 is 1.83 bits per heavy atom. The molecule has 1 saturated heterocycles. The molecule has 1 heterocycles. The minimum absolute atomic E-state index is 0.0700. The summed E-state index contributed by atoms with van der Waals surface area (Å²) in [6.45, 7) is 13.6. The standard InChI is InChI=1S/C26H34Cl2N2O3.C2H6/c1-19(25(32)33-26(3,4)5)18-24(31)29-17-16-21(13-9-7-6-8-12-20(2)27)30(29)23-15-11-10-14-22(23)28;1-2/h6-12,14-15,19,21H,13,16-18H2,1-5H3;1-2H3/b8-6-,9-7+,20-12+;. The Kier molecular flexibility index (Phi) is 13.2. The average molecular weight is 524 g/mol. The van der Waals surface area contributed by atoms with Gasteiger partial charge < -0.3 is 4.74 Å². The number of amides is 1. The molecule has 0 saturated carbocycles. The summed E-state index contributed by atoms with van der Waals surface area (Å²) in [5.41, 5.74) is 0.194. The zero-order chi connectivity index (χ0) is 26.6. The van der Waals surface area contributed by atoms with E-state index in [0.29, 0.717) is 11.6 Å². The number of hydrogen-bond donors (Lipinski definition) is 0. The van der Waals surface area contributed by atoms with E-state index in [0.717, 1.165) is 23.6 Å². The van der Waals surface area contributed by atoms with Gasteiger partial charge >= 0.3 is 5.97 Å². The third-order valence-electron chi connectivity index (χ3n) is 5.05. The fourth-order valence-electron chi connectivity index (χ4n) is 3.54. The van der Waals surface area contributed by atoms with Gasteiger partial charge in [0, 0.05) is 18.0 Å². The first-order valence-electron chi connectivity index (χ1n) is 12.2. The molecule has 0 radical (unpaired) electrons. The largest absolute Gasteiger partial charge is 0.460 e. The van der Waals surface area contributed by atoms with E-state index in [1.807, 2.05) is 95.1 Å². The Morgan fingerprint density at radius 3 is 2.43 bits per heavy atom. The van der Waals surface area contributed by atoms with Crippen molar-refractivity contribution >= 4 is 40.8 Å². The highest BCUT2D eigenvalue weighted by Gasteiger charge is 2.36. The van der Waals surface area contributed by atoms with Crippen LogP contribution in [0.2, 0.25) is 5.02 Å². The van der Waals surface area contributed by atoms with Crippen LogP contribution in [0.4, 0.5) is 5.69 Å². The van der Waals surface area contributed by atoms with Gasteiger partial charge in [0.05, 0.1) is 22.7 Å². The van der Waals surface area contributed by atoms with Gasteiger partial charge in [0.2, 0.25) is 5.91 Å². The minimum atomic E-state index is -0.588. The Hall–Kier alpha value is -2.24. The van der Waals surface area contributed by atoms with Gasteiger partial charge in [-0.2, -0.15) is 0 Å². The molecule has 7 heteroatoms. The number of ether oxygens (including phenoxy) is 1. The second-order valence-corrected chi connectivity index (χ2v) is 10.2. The van der Waals surface area contributed by atoms with Gasteiger partial charge in [-0.15, -0.1) is 0 Å². The number of allylic oxidation sites excluding steroid dienone is 5. The van der Waals surface area contributed by atoms with Crippen LogP contribution in [-0.4, -0.2) is 35.1 Å². The number of hydrazine groups is 1. The van der Waals surface area contributed by atoms with Crippen molar-refractivity contribution in [2.75, 3.05) is 11.6 Å². The van der Waals surface area contributed by atoms with Crippen molar-refractivity contribution in [1.29, 1.82) is 0 Å². The van der Waals surface area contributed by atoms with Gasteiger partial charge in [0.25, 0.3) is 0 Å². The summed E-state index contributed by atoms with van der Waals surface area (Å²) >= 11 is 12.3. The molecule has 1 aliphatic heterocycles. The lowest BCUT2D eigenvalue weighted by Gasteiger charge is -2.35. The zero-order valence-electron chi connectivity index (χ0n) is 22.1. The van der Waals surface area contributed by atoms with E-state index in [-0.39, 0.29) is 24.3 Å². The molecule has 0 aromatic heterocycles. The molecule has 1 aromatic rings. The monoisotopic (exact) mass is 522 g/mol. The van der Waals surface area contributed by atoms with Gasteiger partial charge in [-0.3, -0.25) is 19.6 Å². The molecule has 0 bridgehead atoms. The summed E-state index contributed by atoms with van der Waals surface area (Å²) in [6.07, 6.45) is 11.3. The Labute approximate surface area is 221 Å². The lowest BCUT2D eigenvalue weighted by atomic mass is 10.1. The maximum absolute atomic E-state index is 13.2. The fourth-order valence-corrected chi connectivity index (χ4v) is 3.84. The quantitative estimate of drug-likeness (QED) is 0.259. The second kappa shape index (κ2) is 15.0. The number of carbonyl (C=O) groups excluding carboxylic acids is 2. The van der Waals surface area contributed by atoms with Gasteiger partial charge in [-0.25, -0.2) is 0 Å². The number of nitrogens with zero attached hydrogens (tertiary/aromatic N) is 2. The zero-order valence-corrected chi connectivity index (χ0v) is 23.6. The van der Waals surface area contributed by atoms with E-state index in [2.05, 4.69) is 6.08 Å². The highest BCUT2D eigenvalue weighted by molar-refractivity contribution is 6.33. The first-order valence-corrected chi connectivity index (χ1v) is 13.0. The van der Waals surface area contributed by atoms with Crippen LogP contribution in [0, 0.1) is 5.92 Å². The van der Waals surface area contributed by atoms with Gasteiger partial charge in [-0.1, -0.05) is 80.4 Å². The van der Waals surface area contributed by atoms with Crippen LogP contribution >= 0.6 is 23.2 Å². The number of halogens is 2. The summed E-state index contributed by atoms with van der Waals surface area (Å²) in [6, 6.07) is 7.57. The van der Waals surface area contributed by atoms with Crippen LogP contribution in [0.25, 0.3) is 0 Å². The molecular formula is C28H40Cl2N2O3. The second-order valence-electron chi connectivity index (χ2n) is 9.20. The summed E-state index contributed by atoms with van der Waals surface area (Å²) in [5, 5.41) is 4.99.